The van der Waals surface area contributed by atoms with Gasteiger partial charge in [-0.3, -0.25) is 9.59 Å². The lowest BCUT2D eigenvalue weighted by Gasteiger charge is -2.25. The molecule has 0 atom stereocenters. The number of rotatable bonds is 5. The minimum atomic E-state index is 0.0358. The van der Waals surface area contributed by atoms with Gasteiger partial charge in [0.25, 0.3) is 0 Å². The van der Waals surface area contributed by atoms with Gasteiger partial charge in [-0.05, 0) is 26.7 Å². The normalized spacial score (nSPS) is 16.2. The molecule has 0 aromatic carbocycles. The Morgan fingerprint density at radius 3 is 2.35 bits per heavy atom. The van der Waals surface area contributed by atoms with Gasteiger partial charge in [0.2, 0.25) is 11.8 Å². The molecule has 1 N–H and O–H groups in total. The minimum Gasteiger partial charge on any atom is -0.353 e. The Bertz CT molecular complexity index is 271. The summed E-state index contributed by atoms with van der Waals surface area (Å²) in [6.45, 7) is 6.01. The van der Waals surface area contributed by atoms with E-state index in [2.05, 4.69) is 5.32 Å². The highest BCUT2D eigenvalue weighted by Crippen LogP contribution is 2.17. The molecule has 0 unspecified atom stereocenters. The lowest BCUT2D eigenvalue weighted by molar-refractivity contribution is -0.131. The van der Waals surface area contributed by atoms with Gasteiger partial charge in [0.05, 0.1) is 0 Å². The Morgan fingerprint density at radius 1 is 1.29 bits per heavy atom. The van der Waals surface area contributed by atoms with E-state index >= 15 is 0 Å². The van der Waals surface area contributed by atoms with E-state index in [-0.39, 0.29) is 17.9 Å². The molecule has 1 rings (SSSR count). The van der Waals surface area contributed by atoms with Crippen LogP contribution in [0.2, 0.25) is 0 Å². The van der Waals surface area contributed by atoms with E-state index in [4.69, 9.17) is 0 Å². The van der Waals surface area contributed by atoms with Gasteiger partial charge in [-0.2, -0.15) is 0 Å². The van der Waals surface area contributed by atoms with Crippen molar-refractivity contribution in [3.8, 4) is 0 Å². The van der Waals surface area contributed by atoms with E-state index < -0.39 is 0 Å². The number of hydrogen-bond acceptors (Lipinski definition) is 2. The predicted molar refractivity (Wildman–Crippen MR) is 67.5 cm³/mol. The maximum absolute atomic E-state index is 11.7. The summed E-state index contributed by atoms with van der Waals surface area (Å²) in [4.78, 5) is 24.8. The Hall–Kier alpha value is -1.06. The van der Waals surface area contributed by atoms with Gasteiger partial charge in [0.15, 0.2) is 0 Å². The lowest BCUT2D eigenvalue weighted by Crippen LogP contribution is -2.40. The summed E-state index contributed by atoms with van der Waals surface area (Å²) < 4.78 is 0. The Balaban J connectivity index is 2.28. The average Bonchev–Trinajstić information content (AvgIpc) is 2.69. The van der Waals surface area contributed by atoms with Crippen LogP contribution in [0.4, 0.5) is 0 Å². The van der Waals surface area contributed by atoms with Gasteiger partial charge in [0.1, 0.15) is 0 Å². The van der Waals surface area contributed by atoms with Gasteiger partial charge in [-0.15, -0.1) is 0 Å². The quantitative estimate of drug-likeness (QED) is 0.795. The van der Waals surface area contributed by atoms with Crippen molar-refractivity contribution in [2.75, 3.05) is 6.54 Å². The van der Waals surface area contributed by atoms with Crippen LogP contribution >= 0.6 is 0 Å². The number of nitrogens with zero attached hydrogens (tertiary/aromatic N) is 1. The van der Waals surface area contributed by atoms with Crippen LogP contribution in [0.25, 0.3) is 0 Å². The monoisotopic (exact) mass is 240 g/mol. The van der Waals surface area contributed by atoms with E-state index in [1.807, 2.05) is 13.8 Å². The number of nitrogens with one attached hydrogen (secondary N) is 1. The molecular formula is C13H24N2O2. The molecule has 0 aromatic rings. The van der Waals surface area contributed by atoms with Crippen molar-refractivity contribution in [2.24, 2.45) is 0 Å². The van der Waals surface area contributed by atoms with Crippen LogP contribution in [0.1, 0.15) is 52.9 Å². The van der Waals surface area contributed by atoms with Crippen molar-refractivity contribution < 1.29 is 9.59 Å². The molecule has 0 radical (unpaired) electrons. The second-order valence-corrected chi connectivity index (χ2v) is 5.11. The molecule has 0 spiro atoms. The highest BCUT2D eigenvalue weighted by atomic mass is 16.2. The van der Waals surface area contributed by atoms with E-state index in [1.54, 1.807) is 11.8 Å². The second-order valence-electron chi connectivity index (χ2n) is 5.11. The summed E-state index contributed by atoms with van der Waals surface area (Å²) in [5.41, 5.74) is 0. The fourth-order valence-corrected chi connectivity index (χ4v) is 2.37. The third kappa shape index (κ3) is 4.75. The molecule has 4 nitrogen and oxygen atoms in total. The van der Waals surface area contributed by atoms with Gasteiger partial charge in [0, 0.05) is 32.0 Å². The second kappa shape index (κ2) is 6.62. The molecule has 17 heavy (non-hydrogen) atoms. The zero-order valence-corrected chi connectivity index (χ0v) is 11.2. The molecule has 1 saturated carbocycles. The molecule has 1 aliphatic rings. The first-order valence-corrected chi connectivity index (χ1v) is 6.57. The average molecular weight is 240 g/mol. The standard InChI is InChI=1S/C13H24N2O2/c1-10(2)15(11(3)16)9-8-13(17)14-12-6-4-5-7-12/h10,12H,4-9H2,1-3H3,(H,14,17). The summed E-state index contributed by atoms with van der Waals surface area (Å²) in [5, 5.41) is 3.04. The maximum atomic E-state index is 11.7. The highest BCUT2D eigenvalue weighted by Gasteiger charge is 2.18. The summed E-state index contributed by atoms with van der Waals surface area (Å²) in [7, 11) is 0. The van der Waals surface area contributed by atoms with Gasteiger partial charge in [-0.1, -0.05) is 12.8 Å². The van der Waals surface area contributed by atoms with Crippen molar-refractivity contribution in [1.29, 1.82) is 0 Å². The SMILES string of the molecule is CC(=O)N(CCC(=O)NC1CCCC1)C(C)C. The molecular weight excluding hydrogens is 216 g/mol. The summed E-state index contributed by atoms with van der Waals surface area (Å²) >= 11 is 0. The van der Waals surface area contributed by atoms with Crippen LogP contribution in [-0.2, 0) is 9.59 Å². The third-order valence-electron chi connectivity index (χ3n) is 3.33. The predicted octanol–water partition coefficient (Wildman–Crippen LogP) is 1.69. The molecule has 0 aromatic heterocycles. The van der Waals surface area contributed by atoms with Gasteiger partial charge >= 0.3 is 0 Å². The lowest BCUT2D eigenvalue weighted by atomic mass is 10.2. The molecule has 2 amide bonds. The van der Waals surface area contributed by atoms with E-state index in [1.165, 1.54) is 12.8 Å². The number of carbonyl (C=O) groups is 2. The minimum absolute atomic E-state index is 0.0358. The third-order valence-corrected chi connectivity index (χ3v) is 3.33. The van der Waals surface area contributed by atoms with Crippen molar-refractivity contribution in [3.05, 3.63) is 0 Å². The summed E-state index contributed by atoms with van der Waals surface area (Å²) in [6, 6.07) is 0.527. The fourth-order valence-electron chi connectivity index (χ4n) is 2.37. The summed E-state index contributed by atoms with van der Waals surface area (Å²) in [5.74, 6) is 0.109. The first-order valence-electron chi connectivity index (χ1n) is 6.57. The van der Waals surface area contributed by atoms with Gasteiger partial charge < -0.3 is 10.2 Å². The van der Waals surface area contributed by atoms with Crippen LogP contribution in [0.3, 0.4) is 0 Å². The summed E-state index contributed by atoms with van der Waals surface area (Å²) in [6.07, 6.45) is 5.06. The van der Waals surface area contributed by atoms with Gasteiger partial charge in [-0.25, -0.2) is 0 Å². The zero-order chi connectivity index (χ0) is 12.8. The number of carbonyl (C=O) groups excluding carboxylic acids is 2. The molecule has 0 saturated heterocycles. The highest BCUT2D eigenvalue weighted by molar-refractivity contribution is 5.78. The van der Waals surface area contributed by atoms with Crippen molar-refractivity contribution >= 4 is 11.8 Å². The Labute approximate surface area is 104 Å². The van der Waals surface area contributed by atoms with Crippen LogP contribution in [0.15, 0.2) is 0 Å². The van der Waals surface area contributed by atoms with Crippen molar-refractivity contribution in [1.82, 2.24) is 10.2 Å². The number of hydrogen-bond donors (Lipinski definition) is 1. The first kappa shape index (κ1) is 14.0. The molecule has 98 valence electrons. The maximum Gasteiger partial charge on any atom is 0.221 e. The first-order chi connectivity index (χ1) is 8.00. The molecule has 0 aliphatic heterocycles. The Kier molecular flexibility index (Phi) is 5.45. The molecule has 0 heterocycles. The topological polar surface area (TPSA) is 49.4 Å². The Morgan fingerprint density at radius 2 is 1.88 bits per heavy atom. The van der Waals surface area contributed by atoms with E-state index in [9.17, 15) is 9.59 Å². The molecule has 1 fully saturated rings. The van der Waals surface area contributed by atoms with Crippen LogP contribution < -0.4 is 5.32 Å². The number of amides is 2. The smallest absolute Gasteiger partial charge is 0.221 e. The molecule has 0 bridgehead atoms. The van der Waals surface area contributed by atoms with Crippen LogP contribution in [0, 0.1) is 0 Å². The van der Waals surface area contributed by atoms with Crippen molar-refractivity contribution in [2.45, 2.75) is 65.0 Å². The zero-order valence-electron chi connectivity index (χ0n) is 11.2. The fraction of sp³-hybridized carbons (Fsp3) is 0.846. The van der Waals surface area contributed by atoms with E-state index in [0.717, 1.165) is 12.8 Å². The van der Waals surface area contributed by atoms with Crippen LogP contribution in [-0.4, -0.2) is 35.3 Å². The van der Waals surface area contributed by atoms with E-state index in [0.29, 0.717) is 19.0 Å². The molecule has 4 heteroatoms. The molecule has 1 aliphatic carbocycles. The van der Waals surface area contributed by atoms with Crippen molar-refractivity contribution in [3.63, 3.8) is 0 Å². The van der Waals surface area contributed by atoms with Crippen LogP contribution in [0.5, 0.6) is 0 Å². The largest absolute Gasteiger partial charge is 0.353 e.